The molecule has 0 aromatic heterocycles. The number of Topliss-reactive ketones (excluding diaryl/α,β-unsaturated/α-hetero) is 1. The minimum absolute atomic E-state index is 0.0101. The molecule has 30 heavy (non-hydrogen) atoms. The molecular formula is C24H22N2O4. The van der Waals surface area contributed by atoms with E-state index >= 15 is 0 Å². The third kappa shape index (κ3) is 6.31. The fraction of sp³-hybridized carbons (Fsp3) is 0.125. The van der Waals surface area contributed by atoms with Gasteiger partial charge in [-0.3, -0.25) is 25.2 Å². The highest BCUT2D eigenvalue weighted by atomic mass is 16.5. The number of amides is 2. The average molecular weight is 402 g/mol. The first kappa shape index (κ1) is 20.8. The van der Waals surface area contributed by atoms with Crippen molar-refractivity contribution in [1.82, 2.24) is 10.9 Å². The highest BCUT2D eigenvalue weighted by Gasteiger charge is 2.11. The lowest BCUT2D eigenvalue weighted by molar-refractivity contribution is -0.121. The molecule has 0 heterocycles. The van der Waals surface area contributed by atoms with Crippen molar-refractivity contribution < 1.29 is 19.1 Å². The zero-order valence-corrected chi connectivity index (χ0v) is 16.3. The third-order valence-electron chi connectivity index (χ3n) is 4.36. The van der Waals surface area contributed by atoms with Crippen LogP contribution in [0.25, 0.3) is 0 Å². The van der Waals surface area contributed by atoms with Crippen molar-refractivity contribution in [3.05, 3.63) is 102 Å². The molecule has 3 aromatic rings. The summed E-state index contributed by atoms with van der Waals surface area (Å²) in [5, 5.41) is 0. The Kier molecular flexibility index (Phi) is 7.33. The number of benzene rings is 3. The van der Waals surface area contributed by atoms with Crippen molar-refractivity contribution in [2.24, 2.45) is 0 Å². The van der Waals surface area contributed by atoms with E-state index in [0.717, 1.165) is 11.3 Å². The highest BCUT2D eigenvalue weighted by molar-refractivity contribution is 5.98. The van der Waals surface area contributed by atoms with Crippen molar-refractivity contribution in [2.45, 2.75) is 19.4 Å². The first-order valence-electron chi connectivity index (χ1n) is 9.56. The molecular weight excluding hydrogens is 380 g/mol. The van der Waals surface area contributed by atoms with Gasteiger partial charge in [0, 0.05) is 24.0 Å². The van der Waals surface area contributed by atoms with Gasteiger partial charge in [-0.1, -0.05) is 60.7 Å². The van der Waals surface area contributed by atoms with Crippen LogP contribution in [0.15, 0.2) is 84.9 Å². The molecule has 152 valence electrons. The molecule has 2 N–H and O–H groups in total. The standard InChI is InChI=1S/C24H22N2O4/c27-22(19-7-3-1-4-8-19)15-16-23(28)25-26-24(29)20-13-11-18(12-14-20)17-30-21-9-5-2-6-10-21/h1-14H,15-17H2,(H,25,28)(H,26,29). The molecule has 0 fully saturated rings. The first-order valence-corrected chi connectivity index (χ1v) is 9.56. The SMILES string of the molecule is O=C(CCC(=O)c1ccccc1)NNC(=O)c1ccc(COc2ccccc2)cc1. The Bertz CT molecular complexity index is 987. The molecule has 0 bridgehead atoms. The number of carbonyl (C=O) groups is 3. The number of ketones is 1. The Labute approximate surface area is 174 Å². The van der Waals surface area contributed by atoms with Gasteiger partial charge in [0.15, 0.2) is 5.78 Å². The summed E-state index contributed by atoms with van der Waals surface area (Å²) in [7, 11) is 0. The van der Waals surface area contributed by atoms with Crippen LogP contribution in [0.5, 0.6) is 5.75 Å². The van der Waals surface area contributed by atoms with E-state index in [1.807, 2.05) is 36.4 Å². The predicted octanol–water partition coefficient (Wildman–Crippen LogP) is 3.69. The van der Waals surface area contributed by atoms with E-state index in [-0.39, 0.29) is 18.6 Å². The molecule has 0 aliphatic rings. The van der Waals surface area contributed by atoms with Gasteiger partial charge in [0.05, 0.1) is 0 Å². The zero-order valence-electron chi connectivity index (χ0n) is 16.3. The Morgan fingerprint density at radius 2 is 1.30 bits per heavy atom. The van der Waals surface area contributed by atoms with Crippen LogP contribution in [0.4, 0.5) is 0 Å². The van der Waals surface area contributed by atoms with Crippen molar-refractivity contribution in [3.8, 4) is 5.75 Å². The molecule has 6 heteroatoms. The molecule has 0 spiro atoms. The molecule has 0 aliphatic carbocycles. The van der Waals surface area contributed by atoms with Crippen LogP contribution in [0.3, 0.4) is 0 Å². The van der Waals surface area contributed by atoms with Crippen LogP contribution < -0.4 is 15.6 Å². The van der Waals surface area contributed by atoms with Gasteiger partial charge in [-0.2, -0.15) is 0 Å². The summed E-state index contributed by atoms with van der Waals surface area (Å²) in [4.78, 5) is 36.1. The maximum Gasteiger partial charge on any atom is 0.269 e. The Balaban J connectivity index is 1.40. The molecule has 0 radical (unpaired) electrons. The van der Waals surface area contributed by atoms with E-state index in [4.69, 9.17) is 4.74 Å². The quantitative estimate of drug-likeness (QED) is 0.445. The lowest BCUT2D eigenvalue weighted by atomic mass is 10.1. The van der Waals surface area contributed by atoms with E-state index in [9.17, 15) is 14.4 Å². The Morgan fingerprint density at radius 3 is 1.97 bits per heavy atom. The summed E-state index contributed by atoms with van der Waals surface area (Å²) >= 11 is 0. The minimum Gasteiger partial charge on any atom is -0.489 e. The second-order valence-electron chi connectivity index (χ2n) is 6.59. The van der Waals surface area contributed by atoms with Gasteiger partial charge >= 0.3 is 0 Å². The van der Waals surface area contributed by atoms with E-state index in [2.05, 4.69) is 10.9 Å². The minimum atomic E-state index is -0.437. The van der Waals surface area contributed by atoms with Crippen LogP contribution in [-0.4, -0.2) is 17.6 Å². The van der Waals surface area contributed by atoms with Crippen LogP contribution >= 0.6 is 0 Å². The summed E-state index contributed by atoms with van der Waals surface area (Å²) in [5.41, 5.74) is 6.57. The number of ether oxygens (including phenoxy) is 1. The molecule has 6 nitrogen and oxygen atoms in total. The largest absolute Gasteiger partial charge is 0.489 e. The van der Waals surface area contributed by atoms with Gasteiger partial charge in [0.2, 0.25) is 5.91 Å². The molecule has 0 atom stereocenters. The maximum absolute atomic E-state index is 12.2. The lowest BCUT2D eigenvalue weighted by Gasteiger charge is -2.09. The van der Waals surface area contributed by atoms with Gasteiger partial charge in [0.1, 0.15) is 12.4 Å². The highest BCUT2D eigenvalue weighted by Crippen LogP contribution is 2.12. The van der Waals surface area contributed by atoms with Crippen molar-refractivity contribution in [2.75, 3.05) is 0 Å². The zero-order chi connectivity index (χ0) is 21.2. The number of nitrogens with one attached hydrogen (secondary N) is 2. The number of hydrazine groups is 1. The number of para-hydroxylation sites is 1. The van der Waals surface area contributed by atoms with Gasteiger partial charge in [-0.25, -0.2) is 0 Å². The van der Waals surface area contributed by atoms with Crippen molar-refractivity contribution >= 4 is 17.6 Å². The van der Waals surface area contributed by atoms with Gasteiger partial charge < -0.3 is 4.74 Å². The molecule has 0 saturated heterocycles. The predicted molar refractivity (Wildman–Crippen MR) is 113 cm³/mol. The summed E-state index contributed by atoms with van der Waals surface area (Å²) in [6.45, 7) is 0.387. The summed E-state index contributed by atoms with van der Waals surface area (Å²) in [6, 6.07) is 25.1. The molecule has 3 rings (SSSR count). The second kappa shape index (κ2) is 10.6. The summed E-state index contributed by atoms with van der Waals surface area (Å²) in [5.74, 6) is -0.216. The monoisotopic (exact) mass is 402 g/mol. The number of carbonyl (C=O) groups excluding carboxylic acids is 3. The smallest absolute Gasteiger partial charge is 0.269 e. The molecule has 0 aliphatic heterocycles. The second-order valence-corrected chi connectivity index (χ2v) is 6.59. The van der Waals surface area contributed by atoms with Gasteiger partial charge in [-0.15, -0.1) is 0 Å². The average Bonchev–Trinajstić information content (AvgIpc) is 2.81. The first-order chi connectivity index (χ1) is 14.6. The fourth-order valence-electron chi connectivity index (χ4n) is 2.69. The Morgan fingerprint density at radius 1 is 0.667 bits per heavy atom. The van der Waals surface area contributed by atoms with Crippen LogP contribution in [0.1, 0.15) is 39.1 Å². The number of hydrogen-bond donors (Lipinski definition) is 2. The topological polar surface area (TPSA) is 84.5 Å². The van der Waals surface area contributed by atoms with Crippen LogP contribution in [0.2, 0.25) is 0 Å². The lowest BCUT2D eigenvalue weighted by Crippen LogP contribution is -2.41. The van der Waals surface area contributed by atoms with Gasteiger partial charge in [-0.05, 0) is 29.8 Å². The number of hydrogen-bond acceptors (Lipinski definition) is 4. The summed E-state index contributed by atoms with van der Waals surface area (Å²) < 4.78 is 5.66. The Hall–Kier alpha value is -3.93. The van der Waals surface area contributed by atoms with E-state index < -0.39 is 11.8 Å². The van der Waals surface area contributed by atoms with Gasteiger partial charge in [0.25, 0.3) is 5.91 Å². The third-order valence-corrected chi connectivity index (χ3v) is 4.36. The fourth-order valence-corrected chi connectivity index (χ4v) is 2.69. The van der Waals surface area contributed by atoms with Crippen LogP contribution in [0, 0.1) is 0 Å². The summed E-state index contributed by atoms with van der Waals surface area (Å²) in [6.07, 6.45) is 0.0611. The van der Waals surface area contributed by atoms with E-state index in [1.54, 1.807) is 48.5 Å². The normalized spacial score (nSPS) is 10.1. The molecule has 0 saturated carbocycles. The molecule has 2 amide bonds. The molecule has 3 aromatic carbocycles. The maximum atomic E-state index is 12.2. The number of rotatable bonds is 8. The van der Waals surface area contributed by atoms with Crippen molar-refractivity contribution in [3.63, 3.8) is 0 Å². The van der Waals surface area contributed by atoms with Crippen LogP contribution in [-0.2, 0) is 11.4 Å². The molecule has 0 unspecified atom stereocenters. The van der Waals surface area contributed by atoms with E-state index in [1.165, 1.54) is 0 Å². The van der Waals surface area contributed by atoms with Crippen molar-refractivity contribution in [1.29, 1.82) is 0 Å². The van der Waals surface area contributed by atoms with E-state index in [0.29, 0.717) is 17.7 Å².